The summed E-state index contributed by atoms with van der Waals surface area (Å²) in [6.45, 7) is 1.15. The fourth-order valence-electron chi connectivity index (χ4n) is 2.19. The Bertz CT molecular complexity index is 694. The molecule has 4 nitrogen and oxygen atoms in total. The maximum absolute atomic E-state index is 11.9. The van der Waals surface area contributed by atoms with Crippen molar-refractivity contribution in [2.45, 2.75) is 5.75 Å². The molecule has 3 rings (SSSR count). The number of nitrogens with one attached hydrogen (secondary N) is 1. The number of benzene rings is 2. The molecule has 0 unspecified atom stereocenters. The van der Waals surface area contributed by atoms with E-state index in [1.807, 2.05) is 42.5 Å². The minimum atomic E-state index is -0.00475. The average molecular weight is 394 g/mol. The van der Waals surface area contributed by atoms with E-state index in [1.165, 1.54) is 0 Å². The van der Waals surface area contributed by atoms with E-state index in [-0.39, 0.29) is 5.91 Å². The number of para-hydroxylation sites is 1. The molecule has 0 saturated carbocycles. The number of hydrogen-bond donors (Lipinski definition) is 1. The number of ether oxygens (including phenoxy) is 2. The van der Waals surface area contributed by atoms with Crippen LogP contribution in [0.25, 0.3) is 0 Å². The highest BCUT2D eigenvalue weighted by molar-refractivity contribution is 9.10. The number of halogens is 1. The van der Waals surface area contributed by atoms with Gasteiger partial charge in [-0.25, -0.2) is 0 Å². The zero-order chi connectivity index (χ0) is 16.1. The van der Waals surface area contributed by atoms with Gasteiger partial charge in [-0.2, -0.15) is 0 Å². The Morgan fingerprint density at radius 3 is 2.57 bits per heavy atom. The van der Waals surface area contributed by atoms with Crippen LogP contribution in [0.2, 0.25) is 0 Å². The first-order chi connectivity index (χ1) is 11.2. The standard InChI is InChI=1S/C17H16BrNO3S/c18-14-9-16-15(21-6-7-22-16)8-12(14)10-23-11-17(20)19-13-4-2-1-3-5-13/h1-5,8-9H,6-7,10-11H2,(H,19,20). The molecule has 6 heteroatoms. The summed E-state index contributed by atoms with van der Waals surface area (Å²) in [6, 6.07) is 13.4. The van der Waals surface area contributed by atoms with Crippen molar-refractivity contribution in [2.75, 3.05) is 24.3 Å². The van der Waals surface area contributed by atoms with Crippen molar-refractivity contribution in [1.29, 1.82) is 0 Å². The maximum Gasteiger partial charge on any atom is 0.234 e. The Labute approximate surface area is 147 Å². The highest BCUT2D eigenvalue weighted by Crippen LogP contribution is 2.36. The Kier molecular flexibility index (Phi) is 5.46. The van der Waals surface area contributed by atoms with Crippen molar-refractivity contribution in [3.8, 4) is 11.5 Å². The first kappa shape index (κ1) is 16.2. The summed E-state index contributed by atoms with van der Waals surface area (Å²) < 4.78 is 12.1. The molecule has 0 bridgehead atoms. The largest absolute Gasteiger partial charge is 0.486 e. The van der Waals surface area contributed by atoms with E-state index < -0.39 is 0 Å². The van der Waals surface area contributed by atoms with Gasteiger partial charge in [0.15, 0.2) is 11.5 Å². The summed E-state index contributed by atoms with van der Waals surface area (Å²) in [4.78, 5) is 11.9. The fraction of sp³-hybridized carbons (Fsp3) is 0.235. The smallest absolute Gasteiger partial charge is 0.234 e. The summed E-state index contributed by atoms with van der Waals surface area (Å²) in [7, 11) is 0. The second-order valence-corrected chi connectivity index (χ2v) is 6.83. The van der Waals surface area contributed by atoms with Gasteiger partial charge in [0.25, 0.3) is 0 Å². The Morgan fingerprint density at radius 2 is 1.83 bits per heavy atom. The summed E-state index contributed by atoms with van der Waals surface area (Å²) in [6.07, 6.45) is 0. The van der Waals surface area contributed by atoms with Gasteiger partial charge in [-0.15, -0.1) is 11.8 Å². The van der Waals surface area contributed by atoms with Crippen molar-refractivity contribution in [3.63, 3.8) is 0 Å². The van der Waals surface area contributed by atoms with Crippen molar-refractivity contribution in [3.05, 3.63) is 52.5 Å². The molecule has 1 N–H and O–H groups in total. The normalized spacial score (nSPS) is 12.7. The summed E-state index contributed by atoms with van der Waals surface area (Å²) in [5, 5.41) is 2.88. The Balaban J connectivity index is 1.53. The molecule has 1 aliphatic heterocycles. The van der Waals surface area contributed by atoms with Gasteiger partial charge in [0.2, 0.25) is 5.91 Å². The lowest BCUT2D eigenvalue weighted by molar-refractivity contribution is -0.113. The second kappa shape index (κ2) is 7.75. The second-order valence-electron chi connectivity index (χ2n) is 4.99. The van der Waals surface area contributed by atoms with Crippen molar-refractivity contribution in [1.82, 2.24) is 0 Å². The van der Waals surface area contributed by atoms with Gasteiger partial charge < -0.3 is 14.8 Å². The number of rotatable bonds is 5. The van der Waals surface area contributed by atoms with Crippen LogP contribution in [0, 0.1) is 0 Å². The molecule has 0 fully saturated rings. The van der Waals surface area contributed by atoms with Gasteiger partial charge >= 0.3 is 0 Å². The lowest BCUT2D eigenvalue weighted by Crippen LogP contribution is -2.15. The van der Waals surface area contributed by atoms with Gasteiger partial charge in [-0.3, -0.25) is 4.79 Å². The van der Waals surface area contributed by atoms with Gasteiger partial charge in [-0.05, 0) is 29.8 Å². The summed E-state index contributed by atoms with van der Waals surface area (Å²) in [5.74, 6) is 2.65. The lowest BCUT2D eigenvalue weighted by Gasteiger charge is -2.19. The SMILES string of the molecule is O=C(CSCc1cc2c(cc1Br)OCCO2)Nc1ccccc1. The third kappa shape index (κ3) is 4.42. The molecular formula is C17H16BrNO3S. The van der Waals surface area contributed by atoms with Crippen LogP contribution in [-0.2, 0) is 10.5 Å². The number of fused-ring (bicyclic) bond motifs is 1. The van der Waals surface area contributed by atoms with E-state index in [0.717, 1.165) is 33.0 Å². The van der Waals surface area contributed by atoms with Crippen molar-refractivity contribution >= 4 is 39.3 Å². The van der Waals surface area contributed by atoms with Crippen LogP contribution in [0.5, 0.6) is 11.5 Å². The van der Waals surface area contributed by atoms with Crippen LogP contribution < -0.4 is 14.8 Å². The van der Waals surface area contributed by atoms with Gasteiger partial charge in [0.05, 0.1) is 5.75 Å². The van der Waals surface area contributed by atoms with Crippen molar-refractivity contribution in [2.24, 2.45) is 0 Å². The maximum atomic E-state index is 11.9. The van der Waals surface area contributed by atoms with E-state index in [4.69, 9.17) is 9.47 Å². The topological polar surface area (TPSA) is 47.6 Å². The number of carbonyl (C=O) groups is 1. The monoisotopic (exact) mass is 393 g/mol. The van der Waals surface area contributed by atoms with Crippen molar-refractivity contribution < 1.29 is 14.3 Å². The molecule has 0 aliphatic carbocycles. The minimum absolute atomic E-state index is 0.00475. The third-order valence-electron chi connectivity index (χ3n) is 3.26. The third-order valence-corrected chi connectivity index (χ3v) is 4.98. The van der Waals surface area contributed by atoms with E-state index in [9.17, 15) is 4.79 Å². The first-order valence-corrected chi connectivity index (χ1v) is 9.18. The van der Waals surface area contributed by atoms with Crippen LogP contribution in [0.4, 0.5) is 5.69 Å². The van der Waals surface area contributed by atoms with E-state index >= 15 is 0 Å². The highest BCUT2D eigenvalue weighted by atomic mass is 79.9. The summed E-state index contributed by atoms with van der Waals surface area (Å²) in [5.41, 5.74) is 1.91. The molecular weight excluding hydrogens is 378 g/mol. The summed E-state index contributed by atoms with van der Waals surface area (Å²) >= 11 is 5.11. The fourth-order valence-corrected chi connectivity index (χ4v) is 3.66. The molecule has 0 radical (unpaired) electrons. The zero-order valence-electron chi connectivity index (χ0n) is 12.4. The van der Waals surface area contributed by atoms with Crippen LogP contribution in [-0.4, -0.2) is 24.9 Å². The predicted molar refractivity (Wildman–Crippen MR) is 96.4 cm³/mol. The number of carbonyl (C=O) groups excluding carboxylic acids is 1. The molecule has 1 heterocycles. The van der Waals surface area contributed by atoms with Crippen LogP contribution >= 0.6 is 27.7 Å². The van der Waals surface area contributed by atoms with E-state index in [2.05, 4.69) is 21.2 Å². The number of amides is 1. The molecule has 23 heavy (non-hydrogen) atoms. The number of anilines is 1. The Hall–Kier alpha value is -1.66. The molecule has 2 aromatic rings. The number of thioether (sulfide) groups is 1. The molecule has 1 aliphatic rings. The number of hydrogen-bond acceptors (Lipinski definition) is 4. The molecule has 1 amide bonds. The molecule has 0 atom stereocenters. The molecule has 120 valence electrons. The van der Waals surface area contributed by atoms with E-state index in [0.29, 0.717) is 19.0 Å². The molecule has 0 saturated heterocycles. The Morgan fingerprint density at radius 1 is 1.13 bits per heavy atom. The molecule has 2 aromatic carbocycles. The molecule has 0 aromatic heterocycles. The van der Waals surface area contributed by atoms with Gasteiger partial charge in [0.1, 0.15) is 13.2 Å². The first-order valence-electron chi connectivity index (χ1n) is 7.23. The van der Waals surface area contributed by atoms with Crippen LogP contribution in [0.3, 0.4) is 0 Å². The average Bonchev–Trinajstić information content (AvgIpc) is 2.56. The highest BCUT2D eigenvalue weighted by Gasteiger charge is 2.15. The quantitative estimate of drug-likeness (QED) is 0.830. The van der Waals surface area contributed by atoms with Crippen LogP contribution in [0.1, 0.15) is 5.56 Å². The molecule has 0 spiro atoms. The van der Waals surface area contributed by atoms with Gasteiger partial charge in [0, 0.05) is 15.9 Å². The van der Waals surface area contributed by atoms with Gasteiger partial charge in [-0.1, -0.05) is 34.1 Å². The zero-order valence-corrected chi connectivity index (χ0v) is 14.8. The minimum Gasteiger partial charge on any atom is -0.486 e. The van der Waals surface area contributed by atoms with Crippen LogP contribution in [0.15, 0.2) is 46.9 Å². The lowest BCUT2D eigenvalue weighted by atomic mass is 10.2. The van der Waals surface area contributed by atoms with E-state index in [1.54, 1.807) is 11.8 Å². The predicted octanol–water partition coefficient (Wildman–Crippen LogP) is 4.09.